The lowest BCUT2D eigenvalue weighted by molar-refractivity contribution is 0.399. The van der Waals surface area contributed by atoms with Gasteiger partial charge in [0.15, 0.2) is 0 Å². The van der Waals surface area contributed by atoms with Crippen LogP contribution in [0.4, 0.5) is 0 Å². The lowest BCUT2D eigenvalue weighted by Gasteiger charge is -2.17. The molecule has 0 bridgehead atoms. The SMILES string of the molecule is COc1cnccc1CNC1CCCCCC1. The molecule has 1 saturated carbocycles. The van der Waals surface area contributed by atoms with E-state index in [0.717, 1.165) is 12.3 Å². The number of pyridine rings is 1. The Kier molecular flexibility index (Phi) is 4.80. The van der Waals surface area contributed by atoms with Crippen LogP contribution in [0.2, 0.25) is 0 Å². The number of nitrogens with zero attached hydrogens (tertiary/aromatic N) is 1. The molecule has 1 aromatic heterocycles. The first-order valence-electron chi connectivity index (χ1n) is 6.60. The molecule has 0 radical (unpaired) electrons. The minimum Gasteiger partial charge on any atom is -0.495 e. The van der Waals surface area contributed by atoms with Crippen LogP contribution >= 0.6 is 0 Å². The average Bonchev–Trinajstić information content (AvgIpc) is 2.65. The monoisotopic (exact) mass is 234 g/mol. The molecule has 1 N–H and O–H groups in total. The fourth-order valence-corrected chi connectivity index (χ4v) is 2.48. The highest BCUT2D eigenvalue weighted by molar-refractivity contribution is 5.29. The van der Waals surface area contributed by atoms with Gasteiger partial charge in [0.25, 0.3) is 0 Å². The Balaban J connectivity index is 1.87. The molecule has 0 aromatic carbocycles. The van der Waals surface area contributed by atoms with E-state index >= 15 is 0 Å². The van der Waals surface area contributed by atoms with Gasteiger partial charge >= 0.3 is 0 Å². The van der Waals surface area contributed by atoms with Gasteiger partial charge in [0, 0.05) is 24.3 Å². The Morgan fingerprint density at radius 1 is 1.29 bits per heavy atom. The summed E-state index contributed by atoms with van der Waals surface area (Å²) in [6, 6.07) is 2.71. The van der Waals surface area contributed by atoms with Gasteiger partial charge in [-0.2, -0.15) is 0 Å². The van der Waals surface area contributed by atoms with Crippen LogP contribution in [0, 0.1) is 0 Å². The van der Waals surface area contributed by atoms with Gasteiger partial charge in [-0.3, -0.25) is 4.98 Å². The van der Waals surface area contributed by atoms with Crippen molar-refractivity contribution in [3.63, 3.8) is 0 Å². The quantitative estimate of drug-likeness (QED) is 0.813. The third-order valence-electron chi connectivity index (χ3n) is 3.53. The minimum atomic E-state index is 0.676. The summed E-state index contributed by atoms with van der Waals surface area (Å²) in [5.41, 5.74) is 1.20. The lowest BCUT2D eigenvalue weighted by atomic mass is 10.1. The highest BCUT2D eigenvalue weighted by Gasteiger charge is 2.12. The molecule has 94 valence electrons. The van der Waals surface area contributed by atoms with Gasteiger partial charge in [-0.15, -0.1) is 0 Å². The highest BCUT2D eigenvalue weighted by atomic mass is 16.5. The van der Waals surface area contributed by atoms with Crippen LogP contribution in [0.1, 0.15) is 44.1 Å². The van der Waals surface area contributed by atoms with E-state index in [9.17, 15) is 0 Å². The summed E-state index contributed by atoms with van der Waals surface area (Å²) in [6.45, 7) is 0.885. The number of nitrogens with one attached hydrogen (secondary N) is 1. The number of hydrogen-bond donors (Lipinski definition) is 1. The van der Waals surface area contributed by atoms with Crippen molar-refractivity contribution in [1.82, 2.24) is 10.3 Å². The molecule has 1 aliphatic carbocycles. The summed E-state index contributed by atoms with van der Waals surface area (Å²) >= 11 is 0. The smallest absolute Gasteiger partial charge is 0.141 e. The number of aromatic nitrogens is 1. The second-order valence-corrected chi connectivity index (χ2v) is 4.76. The van der Waals surface area contributed by atoms with Crippen LogP contribution in [0.25, 0.3) is 0 Å². The fraction of sp³-hybridized carbons (Fsp3) is 0.643. The Labute approximate surface area is 104 Å². The largest absolute Gasteiger partial charge is 0.495 e. The minimum absolute atomic E-state index is 0.676. The van der Waals surface area contributed by atoms with Crippen LogP contribution < -0.4 is 10.1 Å². The number of methoxy groups -OCH3 is 1. The van der Waals surface area contributed by atoms with E-state index in [1.807, 2.05) is 12.3 Å². The molecule has 0 spiro atoms. The van der Waals surface area contributed by atoms with Crippen molar-refractivity contribution >= 4 is 0 Å². The molecule has 0 saturated heterocycles. The Morgan fingerprint density at radius 2 is 2.06 bits per heavy atom. The molecule has 1 aromatic rings. The summed E-state index contributed by atoms with van der Waals surface area (Å²) in [6.07, 6.45) is 11.8. The number of rotatable bonds is 4. The predicted molar refractivity (Wildman–Crippen MR) is 69.1 cm³/mol. The zero-order chi connectivity index (χ0) is 11.9. The first-order valence-corrected chi connectivity index (χ1v) is 6.60. The highest BCUT2D eigenvalue weighted by Crippen LogP contribution is 2.19. The third kappa shape index (κ3) is 3.70. The predicted octanol–water partition coefficient (Wildman–Crippen LogP) is 2.90. The van der Waals surface area contributed by atoms with Crippen molar-refractivity contribution in [1.29, 1.82) is 0 Å². The Morgan fingerprint density at radius 3 is 2.76 bits per heavy atom. The van der Waals surface area contributed by atoms with E-state index in [1.165, 1.54) is 44.1 Å². The molecule has 1 heterocycles. The fourth-order valence-electron chi connectivity index (χ4n) is 2.48. The summed E-state index contributed by atoms with van der Waals surface area (Å²) in [4.78, 5) is 4.07. The molecule has 0 aliphatic heterocycles. The van der Waals surface area contributed by atoms with Gasteiger partial charge in [0.1, 0.15) is 5.75 Å². The molecule has 0 unspecified atom stereocenters. The second-order valence-electron chi connectivity index (χ2n) is 4.76. The van der Waals surface area contributed by atoms with E-state index in [0.29, 0.717) is 6.04 Å². The molecular weight excluding hydrogens is 212 g/mol. The number of hydrogen-bond acceptors (Lipinski definition) is 3. The summed E-state index contributed by atoms with van der Waals surface area (Å²) in [5.74, 6) is 0.883. The molecule has 2 rings (SSSR count). The zero-order valence-electron chi connectivity index (χ0n) is 10.6. The van der Waals surface area contributed by atoms with Crippen molar-refractivity contribution in [2.45, 2.75) is 51.1 Å². The van der Waals surface area contributed by atoms with E-state index in [4.69, 9.17) is 4.74 Å². The molecule has 1 fully saturated rings. The third-order valence-corrected chi connectivity index (χ3v) is 3.53. The van der Waals surface area contributed by atoms with Gasteiger partial charge in [0.05, 0.1) is 13.3 Å². The molecular formula is C14H22N2O. The molecule has 0 atom stereocenters. The van der Waals surface area contributed by atoms with Crippen molar-refractivity contribution in [3.05, 3.63) is 24.0 Å². The maximum Gasteiger partial charge on any atom is 0.141 e. The Hall–Kier alpha value is -1.09. The standard InChI is InChI=1S/C14H22N2O/c1-17-14-11-15-9-8-12(14)10-16-13-6-4-2-3-5-7-13/h8-9,11,13,16H,2-7,10H2,1H3. The van der Waals surface area contributed by atoms with Crippen LogP contribution in [-0.4, -0.2) is 18.1 Å². The molecule has 3 heteroatoms. The zero-order valence-corrected chi connectivity index (χ0v) is 10.6. The lowest BCUT2D eigenvalue weighted by Crippen LogP contribution is -2.28. The van der Waals surface area contributed by atoms with Crippen LogP contribution in [-0.2, 0) is 6.54 Å². The first kappa shape index (κ1) is 12.4. The molecule has 17 heavy (non-hydrogen) atoms. The van der Waals surface area contributed by atoms with E-state index in [2.05, 4.69) is 10.3 Å². The van der Waals surface area contributed by atoms with Gasteiger partial charge in [-0.05, 0) is 18.9 Å². The number of ether oxygens (including phenoxy) is 1. The van der Waals surface area contributed by atoms with Crippen molar-refractivity contribution < 1.29 is 4.74 Å². The Bertz CT molecular complexity index is 333. The van der Waals surface area contributed by atoms with Gasteiger partial charge in [0.2, 0.25) is 0 Å². The van der Waals surface area contributed by atoms with Crippen LogP contribution in [0.3, 0.4) is 0 Å². The van der Waals surface area contributed by atoms with E-state index in [1.54, 1.807) is 13.3 Å². The first-order chi connectivity index (χ1) is 8.40. The molecule has 1 aliphatic rings. The van der Waals surface area contributed by atoms with Crippen molar-refractivity contribution in [2.24, 2.45) is 0 Å². The van der Waals surface area contributed by atoms with E-state index in [-0.39, 0.29) is 0 Å². The van der Waals surface area contributed by atoms with Crippen LogP contribution in [0.5, 0.6) is 5.75 Å². The summed E-state index contributed by atoms with van der Waals surface area (Å²) in [7, 11) is 1.70. The average molecular weight is 234 g/mol. The van der Waals surface area contributed by atoms with Crippen LogP contribution in [0.15, 0.2) is 18.5 Å². The maximum atomic E-state index is 5.31. The van der Waals surface area contributed by atoms with Crippen molar-refractivity contribution in [2.75, 3.05) is 7.11 Å². The topological polar surface area (TPSA) is 34.1 Å². The molecule has 3 nitrogen and oxygen atoms in total. The van der Waals surface area contributed by atoms with Gasteiger partial charge in [-0.25, -0.2) is 0 Å². The van der Waals surface area contributed by atoms with E-state index < -0.39 is 0 Å². The van der Waals surface area contributed by atoms with Gasteiger partial charge < -0.3 is 10.1 Å². The summed E-state index contributed by atoms with van der Waals surface area (Å²) < 4.78 is 5.31. The van der Waals surface area contributed by atoms with Gasteiger partial charge in [-0.1, -0.05) is 25.7 Å². The van der Waals surface area contributed by atoms with Crippen molar-refractivity contribution in [3.8, 4) is 5.75 Å². The normalized spacial score (nSPS) is 17.7. The maximum absolute atomic E-state index is 5.31. The second kappa shape index (κ2) is 6.60. The molecule has 0 amide bonds. The summed E-state index contributed by atoms with van der Waals surface area (Å²) in [5, 5.41) is 3.64.